The van der Waals surface area contributed by atoms with Gasteiger partial charge in [-0.2, -0.15) is 4.31 Å². The van der Waals surface area contributed by atoms with Crippen LogP contribution in [0.15, 0.2) is 54.6 Å². The second kappa shape index (κ2) is 11.9. The number of nitrogens with zero attached hydrogens (tertiary/aromatic N) is 3. The molecule has 0 bridgehead atoms. The van der Waals surface area contributed by atoms with Gasteiger partial charge in [0.1, 0.15) is 0 Å². The summed E-state index contributed by atoms with van der Waals surface area (Å²) in [7, 11) is -3.35. The highest BCUT2D eigenvalue weighted by molar-refractivity contribution is 7.88. The van der Waals surface area contributed by atoms with E-state index in [-0.39, 0.29) is 18.2 Å². The van der Waals surface area contributed by atoms with Crippen LogP contribution in [0.4, 0.5) is 0 Å². The summed E-state index contributed by atoms with van der Waals surface area (Å²) in [6, 6.07) is 17.6. The van der Waals surface area contributed by atoms with Gasteiger partial charge >= 0.3 is 0 Å². The smallest absolute Gasteiger partial charge is 0.234 e. The molecule has 1 amide bonds. The molecule has 2 fully saturated rings. The lowest BCUT2D eigenvalue weighted by molar-refractivity contribution is -0.122. The molecule has 2 aliphatic rings. The van der Waals surface area contributed by atoms with Gasteiger partial charge in [0.2, 0.25) is 15.9 Å². The number of sulfonamides is 1. The maximum atomic E-state index is 12.7. The van der Waals surface area contributed by atoms with E-state index in [0.717, 1.165) is 44.0 Å². The number of benzene rings is 2. The van der Waals surface area contributed by atoms with E-state index in [1.807, 2.05) is 35.2 Å². The Hall–Kier alpha value is -2.30. The average molecular weight is 487 g/mol. The van der Waals surface area contributed by atoms with Gasteiger partial charge in [0, 0.05) is 52.4 Å². The molecule has 4 rings (SSSR count). The third-order valence-electron chi connectivity index (χ3n) is 6.31. The van der Waals surface area contributed by atoms with Crippen LogP contribution in [0.25, 0.3) is 0 Å². The van der Waals surface area contributed by atoms with Crippen LogP contribution >= 0.6 is 0 Å². The summed E-state index contributed by atoms with van der Waals surface area (Å²) in [5.74, 6) is -0.0301. The lowest BCUT2D eigenvalue weighted by Gasteiger charge is -2.33. The van der Waals surface area contributed by atoms with Crippen molar-refractivity contribution in [3.05, 3.63) is 71.3 Å². The van der Waals surface area contributed by atoms with Gasteiger partial charge < -0.3 is 10.1 Å². The van der Waals surface area contributed by atoms with Gasteiger partial charge in [-0.25, -0.2) is 8.42 Å². The van der Waals surface area contributed by atoms with Crippen LogP contribution in [0.5, 0.6) is 0 Å². The fraction of sp³-hybridized carbons (Fsp3) is 0.480. The summed E-state index contributed by atoms with van der Waals surface area (Å²) >= 11 is 0. The second-order valence-corrected chi connectivity index (χ2v) is 10.9. The Bertz CT molecular complexity index is 1020. The molecule has 0 saturated carbocycles. The Morgan fingerprint density at radius 2 is 1.44 bits per heavy atom. The number of carbonyl (C=O) groups is 1. The van der Waals surface area contributed by atoms with E-state index in [1.165, 1.54) is 9.87 Å². The zero-order chi connectivity index (χ0) is 23.8. The van der Waals surface area contributed by atoms with Gasteiger partial charge in [0.15, 0.2) is 0 Å². The number of ether oxygens (including phenoxy) is 1. The molecule has 9 heteroatoms. The van der Waals surface area contributed by atoms with Crippen molar-refractivity contribution >= 4 is 15.9 Å². The number of carbonyl (C=O) groups excluding carboxylic acids is 1. The quantitative estimate of drug-likeness (QED) is 0.575. The predicted octanol–water partition coefficient (Wildman–Crippen LogP) is 1.28. The van der Waals surface area contributed by atoms with Gasteiger partial charge in [-0.05, 0) is 16.7 Å². The normalized spacial score (nSPS) is 18.6. The Balaban J connectivity index is 1.16. The minimum Gasteiger partial charge on any atom is -0.379 e. The summed E-state index contributed by atoms with van der Waals surface area (Å²) in [5.41, 5.74) is 3.12. The molecule has 2 saturated heterocycles. The number of piperazine rings is 1. The van der Waals surface area contributed by atoms with Crippen molar-refractivity contribution in [2.24, 2.45) is 0 Å². The molecule has 2 heterocycles. The maximum Gasteiger partial charge on any atom is 0.234 e. The first-order valence-electron chi connectivity index (χ1n) is 11.9. The molecule has 2 aliphatic heterocycles. The first kappa shape index (κ1) is 24.8. The van der Waals surface area contributed by atoms with E-state index in [4.69, 9.17) is 4.74 Å². The molecule has 0 unspecified atom stereocenters. The summed E-state index contributed by atoms with van der Waals surface area (Å²) in [6.07, 6.45) is 0. The first-order chi connectivity index (χ1) is 16.5. The summed E-state index contributed by atoms with van der Waals surface area (Å²) in [5, 5.41) is 2.98. The van der Waals surface area contributed by atoms with Crippen molar-refractivity contribution in [2.75, 3.05) is 59.0 Å². The van der Waals surface area contributed by atoms with Crippen LogP contribution in [0.2, 0.25) is 0 Å². The van der Waals surface area contributed by atoms with Gasteiger partial charge in [-0.1, -0.05) is 54.6 Å². The molecule has 0 radical (unpaired) electrons. The largest absolute Gasteiger partial charge is 0.379 e. The predicted molar refractivity (Wildman–Crippen MR) is 131 cm³/mol. The lowest BCUT2D eigenvalue weighted by atomic mass is 10.1. The minimum atomic E-state index is -3.35. The summed E-state index contributed by atoms with van der Waals surface area (Å²) in [4.78, 5) is 16.8. The number of amides is 1. The van der Waals surface area contributed by atoms with Gasteiger partial charge in [0.25, 0.3) is 0 Å². The molecule has 184 valence electrons. The highest BCUT2D eigenvalue weighted by atomic mass is 32.2. The van der Waals surface area contributed by atoms with Crippen molar-refractivity contribution in [2.45, 2.75) is 18.8 Å². The number of hydrogen-bond donors (Lipinski definition) is 1. The van der Waals surface area contributed by atoms with Gasteiger partial charge in [-0.3, -0.25) is 14.6 Å². The fourth-order valence-electron chi connectivity index (χ4n) is 4.28. The van der Waals surface area contributed by atoms with E-state index in [1.54, 1.807) is 0 Å². The number of morpholine rings is 1. The van der Waals surface area contributed by atoms with Crippen molar-refractivity contribution in [1.82, 2.24) is 19.4 Å². The second-order valence-electron chi connectivity index (χ2n) is 8.90. The Labute approximate surface area is 202 Å². The van der Waals surface area contributed by atoms with Crippen LogP contribution < -0.4 is 5.32 Å². The topological polar surface area (TPSA) is 82.2 Å². The molecule has 0 aliphatic carbocycles. The molecule has 0 atom stereocenters. The minimum absolute atomic E-state index is 0.0135. The van der Waals surface area contributed by atoms with E-state index in [0.29, 0.717) is 32.7 Å². The van der Waals surface area contributed by atoms with Crippen LogP contribution in [0, 0.1) is 0 Å². The zero-order valence-electron chi connectivity index (χ0n) is 19.6. The van der Waals surface area contributed by atoms with Crippen LogP contribution in [0.3, 0.4) is 0 Å². The van der Waals surface area contributed by atoms with Gasteiger partial charge in [-0.15, -0.1) is 0 Å². The Kier molecular flexibility index (Phi) is 8.69. The maximum absolute atomic E-state index is 12.7. The summed E-state index contributed by atoms with van der Waals surface area (Å²) < 4.78 is 32.3. The number of hydrogen-bond acceptors (Lipinski definition) is 6. The van der Waals surface area contributed by atoms with Gasteiger partial charge in [0.05, 0.1) is 25.5 Å². The zero-order valence-corrected chi connectivity index (χ0v) is 20.4. The highest BCUT2D eigenvalue weighted by Crippen LogP contribution is 2.14. The highest BCUT2D eigenvalue weighted by Gasteiger charge is 2.27. The molecular formula is C25H34N4O4S. The first-order valence-corrected chi connectivity index (χ1v) is 13.5. The van der Waals surface area contributed by atoms with Crippen LogP contribution in [-0.4, -0.2) is 87.5 Å². The molecular weight excluding hydrogens is 452 g/mol. The van der Waals surface area contributed by atoms with E-state index < -0.39 is 10.0 Å². The lowest BCUT2D eigenvalue weighted by Crippen LogP contribution is -2.51. The standard InChI is InChI=1S/C25H34N4O4S/c30-25(26-18-22-6-8-23(9-7-22)19-28-14-16-33-17-15-28)20-27-10-12-29(13-11-27)34(31,32)21-24-4-2-1-3-5-24/h1-9H,10-21H2,(H,26,30). The van der Waals surface area contributed by atoms with Crippen molar-refractivity contribution < 1.29 is 17.9 Å². The van der Waals surface area contributed by atoms with Crippen LogP contribution in [0.1, 0.15) is 16.7 Å². The van der Waals surface area contributed by atoms with Crippen molar-refractivity contribution in [3.8, 4) is 0 Å². The van der Waals surface area contributed by atoms with Crippen molar-refractivity contribution in [1.29, 1.82) is 0 Å². The molecule has 0 aromatic heterocycles. The fourth-order valence-corrected chi connectivity index (χ4v) is 5.80. The SMILES string of the molecule is O=C(CN1CCN(S(=O)(=O)Cc2ccccc2)CC1)NCc1ccc(CN2CCOCC2)cc1. The molecule has 2 aromatic carbocycles. The average Bonchev–Trinajstić information content (AvgIpc) is 2.85. The molecule has 2 aromatic rings. The molecule has 0 spiro atoms. The third kappa shape index (κ3) is 7.35. The van der Waals surface area contributed by atoms with Crippen molar-refractivity contribution in [3.63, 3.8) is 0 Å². The third-order valence-corrected chi connectivity index (χ3v) is 8.16. The molecule has 1 N–H and O–H groups in total. The summed E-state index contributed by atoms with van der Waals surface area (Å²) in [6.45, 7) is 7.13. The number of nitrogens with one attached hydrogen (secondary N) is 1. The molecule has 34 heavy (non-hydrogen) atoms. The monoisotopic (exact) mass is 486 g/mol. The van der Waals surface area contributed by atoms with E-state index >= 15 is 0 Å². The van der Waals surface area contributed by atoms with E-state index in [9.17, 15) is 13.2 Å². The van der Waals surface area contributed by atoms with Crippen LogP contribution in [-0.2, 0) is 38.4 Å². The Morgan fingerprint density at radius 3 is 2.12 bits per heavy atom. The van der Waals surface area contributed by atoms with E-state index in [2.05, 4.69) is 34.5 Å². The Morgan fingerprint density at radius 1 is 0.794 bits per heavy atom. The number of rotatable bonds is 9. The molecule has 8 nitrogen and oxygen atoms in total.